The van der Waals surface area contributed by atoms with Crippen molar-refractivity contribution in [1.29, 1.82) is 0 Å². The van der Waals surface area contributed by atoms with Gasteiger partial charge in [-0.2, -0.15) is 0 Å². The third-order valence-corrected chi connectivity index (χ3v) is 2.66. The van der Waals surface area contributed by atoms with Crippen LogP contribution in [0.25, 0.3) is 10.8 Å². The molecule has 0 fully saturated rings. The Morgan fingerprint density at radius 2 is 1.78 bits per heavy atom. The number of carboxylic acid groups (broad SMARTS) is 1. The number of rotatable bonds is 3. The van der Waals surface area contributed by atoms with Crippen molar-refractivity contribution >= 4 is 33.7 Å². The van der Waals surface area contributed by atoms with E-state index < -0.39 is 12.0 Å². The number of aliphatic carboxylic acids is 1. The van der Waals surface area contributed by atoms with Gasteiger partial charge in [-0.3, -0.25) is 4.79 Å². The Hall–Kier alpha value is -1.59. The Kier molecular flexibility index (Phi) is 4.69. The molecule has 0 bridgehead atoms. The molecule has 4 N–H and O–H groups in total. The number of nitrogens with two attached hydrogens (primary N) is 1. The summed E-state index contributed by atoms with van der Waals surface area (Å²) in [6.07, 6.45) is 0.298. The van der Waals surface area contributed by atoms with Gasteiger partial charge < -0.3 is 15.9 Å². The second-order valence-corrected chi connectivity index (χ2v) is 4.01. The highest BCUT2D eigenvalue weighted by atomic mass is 79.9. The molecule has 0 aromatic heterocycles. The second kappa shape index (κ2) is 5.84. The number of halogens is 1. The molecule has 0 aliphatic rings. The smallest absolute Gasteiger partial charge is 0.320 e. The van der Waals surface area contributed by atoms with E-state index in [1.165, 1.54) is 0 Å². The Labute approximate surface area is 115 Å². The van der Waals surface area contributed by atoms with Crippen LogP contribution >= 0.6 is 17.0 Å². The van der Waals surface area contributed by atoms with Gasteiger partial charge in [-0.25, -0.2) is 0 Å². The third kappa shape index (κ3) is 3.21. The van der Waals surface area contributed by atoms with Gasteiger partial charge in [-0.05, 0) is 34.9 Å². The van der Waals surface area contributed by atoms with E-state index in [1.807, 2.05) is 18.2 Å². The minimum atomic E-state index is -1.00. The first-order valence-electron chi connectivity index (χ1n) is 5.26. The average Bonchev–Trinajstić information content (AvgIpc) is 2.29. The molecule has 4 nitrogen and oxygen atoms in total. The van der Waals surface area contributed by atoms with Gasteiger partial charge in [0.2, 0.25) is 0 Å². The van der Waals surface area contributed by atoms with E-state index in [4.69, 9.17) is 10.8 Å². The highest BCUT2D eigenvalue weighted by Gasteiger charge is 2.12. The molecular weight excluding hydrogens is 298 g/mol. The number of phenols is 1. The standard InChI is InChI=1S/C13H13NO3.BrH/c14-12(13(16)17)6-8-1-2-10-7-11(15)4-3-9(10)5-8;/h1-5,7,12,15H,6,14H2,(H,16,17);1H/t12-;/m0./s1. The van der Waals surface area contributed by atoms with E-state index >= 15 is 0 Å². The molecule has 0 aliphatic carbocycles. The van der Waals surface area contributed by atoms with Gasteiger partial charge in [0.1, 0.15) is 11.8 Å². The number of hydrogen-bond donors (Lipinski definition) is 3. The fourth-order valence-electron chi connectivity index (χ4n) is 1.75. The summed E-state index contributed by atoms with van der Waals surface area (Å²) in [6.45, 7) is 0. The highest BCUT2D eigenvalue weighted by molar-refractivity contribution is 8.93. The quantitative estimate of drug-likeness (QED) is 0.810. The molecule has 0 amide bonds. The number of carboxylic acids is 1. The van der Waals surface area contributed by atoms with Crippen LogP contribution in [0, 0.1) is 0 Å². The van der Waals surface area contributed by atoms with Gasteiger partial charge in [0.05, 0.1) is 0 Å². The van der Waals surface area contributed by atoms with E-state index in [1.54, 1.807) is 18.2 Å². The summed E-state index contributed by atoms with van der Waals surface area (Å²) >= 11 is 0. The maximum Gasteiger partial charge on any atom is 0.320 e. The van der Waals surface area contributed by atoms with Crippen LogP contribution in [0.15, 0.2) is 36.4 Å². The number of phenolic OH excluding ortho intramolecular Hbond substituents is 1. The number of hydrogen-bond acceptors (Lipinski definition) is 3. The summed E-state index contributed by atoms with van der Waals surface area (Å²) in [5, 5.41) is 19.9. The predicted molar refractivity (Wildman–Crippen MR) is 75.3 cm³/mol. The number of benzene rings is 2. The Morgan fingerprint density at radius 3 is 2.44 bits per heavy atom. The summed E-state index contributed by atoms with van der Waals surface area (Å²) in [7, 11) is 0. The van der Waals surface area contributed by atoms with Gasteiger partial charge in [-0.15, -0.1) is 17.0 Å². The molecule has 5 heteroatoms. The summed E-state index contributed by atoms with van der Waals surface area (Å²) in [5.74, 6) is -0.789. The fraction of sp³-hybridized carbons (Fsp3) is 0.154. The Balaban J connectivity index is 0.00000162. The van der Waals surface area contributed by atoms with Crippen molar-refractivity contribution < 1.29 is 15.0 Å². The number of carbonyl (C=O) groups is 1. The zero-order chi connectivity index (χ0) is 12.4. The van der Waals surface area contributed by atoms with Crippen LogP contribution < -0.4 is 5.73 Å². The molecule has 1 atom stereocenters. The SMILES string of the molecule is Br.N[C@@H](Cc1ccc2cc(O)ccc2c1)C(=O)O. The largest absolute Gasteiger partial charge is 0.508 e. The van der Waals surface area contributed by atoms with Gasteiger partial charge in [0.15, 0.2) is 0 Å². The summed E-state index contributed by atoms with van der Waals surface area (Å²) < 4.78 is 0. The minimum absolute atomic E-state index is 0. The molecule has 0 unspecified atom stereocenters. The van der Waals surface area contributed by atoms with Crippen LogP contribution in [-0.4, -0.2) is 22.2 Å². The third-order valence-electron chi connectivity index (χ3n) is 2.66. The number of aromatic hydroxyl groups is 1. The van der Waals surface area contributed by atoms with Crippen molar-refractivity contribution in [2.75, 3.05) is 0 Å². The lowest BCUT2D eigenvalue weighted by Crippen LogP contribution is -2.32. The topological polar surface area (TPSA) is 83.5 Å². The van der Waals surface area contributed by atoms with Crippen LogP contribution in [0.4, 0.5) is 0 Å². The van der Waals surface area contributed by atoms with Crippen molar-refractivity contribution in [3.8, 4) is 5.75 Å². The lowest BCUT2D eigenvalue weighted by Gasteiger charge is -2.07. The van der Waals surface area contributed by atoms with Crippen LogP contribution in [0.1, 0.15) is 5.56 Å². The first-order chi connectivity index (χ1) is 8.06. The molecule has 18 heavy (non-hydrogen) atoms. The summed E-state index contributed by atoms with van der Waals surface area (Å²) in [6, 6.07) is 9.73. The zero-order valence-corrected chi connectivity index (χ0v) is 11.2. The molecule has 2 rings (SSSR count). The first kappa shape index (κ1) is 14.5. The van der Waals surface area contributed by atoms with Crippen molar-refractivity contribution in [3.05, 3.63) is 42.0 Å². The Morgan fingerprint density at radius 1 is 1.17 bits per heavy atom. The van der Waals surface area contributed by atoms with Crippen LogP contribution in [-0.2, 0) is 11.2 Å². The van der Waals surface area contributed by atoms with Crippen LogP contribution in [0.2, 0.25) is 0 Å². The lowest BCUT2D eigenvalue weighted by molar-refractivity contribution is -0.138. The minimum Gasteiger partial charge on any atom is -0.508 e. The van der Waals surface area contributed by atoms with Crippen molar-refractivity contribution in [3.63, 3.8) is 0 Å². The van der Waals surface area contributed by atoms with Crippen molar-refractivity contribution in [2.24, 2.45) is 5.73 Å². The molecule has 0 aliphatic heterocycles. The predicted octanol–water partition coefficient (Wildman–Crippen LogP) is 2.08. The average molecular weight is 312 g/mol. The van der Waals surface area contributed by atoms with E-state index in [0.717, 1.165) is 16.3 Å². The summed E-state index contributed by atoms with van der Waals surface area (Å²) in [5.41, 5.74) is 6.35. The van der Waals surface area contributed by atoms with Crippen LogP contribution in [0.5, 0.6) is 5.75 Å². The fourth-order valence-corrected chi connectivity index (χ4v) is 1.75. The highest BCUT2D eigenvalue weighted by Crippen LogP contribution is 2.21. The molecule has 2 aromatic rings. The molecule has 0 saturated heterocycles. The van der Waals surface area contributed by atoms with Gasteiger partial charge in [0, 0.05) is 0 Å². The normalized spacial score (nSPS) is 11.8. The molecule has 0 heterocycles. The van der Waals surface area contributed by atoms with E-state index in [-0.39, 0.29) is 22.7 Å². The number of fused-ring (bicyclic) bond motifs is 1. The van der Waals surface area contributed by atoms with E-state index in [0.29, 0.717) is 6.42 Å². The van der Waals surface area contributed by atoms with Crippen molar-refractivity contribution in [2.45, 2.75) is 12.5 Å². The second-order valence-electron chi connectivity index (χ2n) is 4.01. The first-order valence-corrected chi connectivity index (χ1v) is 5.26. The van der Waals surface area contributed by atoms with Gasteiger partial charge in [0.25, 0.3) is 0 Å². The molecule has 2 aromatic carbocycles. The molecule has 96 valence electrons. The molecule has 0 spiro atoms. The van der Waals surface area contributed by atoms with Crippen LogP contribution in [0.3, 0.4) is 0 Å². The van der Waals surface area contributed by atoms with E-state index in [9.17, 15) is 9.90 Å². The van der Waals surface area contributed by atoms with Gasteiger partial charge in [-0.1, -0.05) is 24.3 Å². The van der Waals surface area contributed by atoms with Gasteiger partial charge >= 0.3 is 5.97 Å². The maximum absolute atomic E-state index is 10.7. The summed E-state index contributed by atoms with van der Waals surface area (Å²) in [4.78, 5) is 10.7. The van der Waals surface area contributed by atoms with Crippen molar-refractivity contribution in [1.82, 2.24) is 0 Å². The Bertz CT molecular complexity index is 571. The van der Waals surface area contributed by atoms with E-state index in [2.05, 4.69) is 0 Å². The monoisotopic (exact) mass is 311 g/mol. The maximum atomic E-state index is 10.7. The lowest BCUT2D eigenvalue weighted by atomic mass is 10.0. The molecule has 0 saturated carbocycles. The molecule has 0 radical (unpaired) electrons. The molecular formula is C13H14BrNO3. The zero-order valence-electron chi connectivity index (χ0n) is 9.54.